The summed E-state index contributed by atoms with van der Waals surface area (Å²) in [6.45, 7) is 0. The molecule has 0 saturated heterocycles. The summed E-state index contributed by atoms with van der Waals surface area (Å²) in [6.07, 6.45) is 5.15. The Labute approximate surface area is 103 Å². The minimum absolute atomic E-state index is 0.124. The number of nitrogens with one attached hydrogen (secondary N) is 2. The standard InChI is InChI=1S/C12H15N5O/c13-12-16-10-8(11(18)17-12)14-9(15-10)7-4-5-1-2-6(7)3-5/h5-7H,1-4H2,(H4,13,14,15,16,17,18). The van der Waals surface area contributed by atoms with E-state index in [0.29, 0.717) is 17.1 Å². The third-order valence-corrected chi connectivity index (χ3v) is 4.49. The topological polar surface area (TPSA) is 100 Å². The van der Waals surface area contributed by atoms with Crippen LogP contribution in [-0.4, -0.2) is 19.9 Å². The van der Waals surface area contributed by atoms with Gasteiger partial charge in [-0.15, -0.1) is 0 Å². The normalized spacial score (nSPS) is 30.3. The fraction of sp³-hybridized carbons (Fsp3) is 0.583. The van der Waals surface area contributed by atoms with Crippen molar-refractivity contribution in [3.63, 3.8) is 0 Å². The van der Waals surface area contributed by atoms with Crippen molar-refractivity contribution in [2.45, 2.75) is 31.6 Å². The lowest BCUT2D eigenvalue weighted by Gasteiger charge is -2.18. The van der Waals surface area contributed by atoms with E-state index in [1.165, 1.54) is 25.7 Å². The number of imidazole rings is 1. The van der Waals surface area contributed by atoms with Crippen molar-refractivity contribution in [2.75, 3.05) is 5.73 Å². The molecule has 2 bridgehead atoms. The van der Waals surface area contributed by atoms with Gasteiger partial charge < -0.3 is 10.7 Å². The summed E-state index contributed by atoms with van der Waals surface area (Å²) in [5.41, 5.74) is 6.18. The smallest absolute Gasteiger partial charge is 0.278 e. The Morgan fingerprint density at radius 1 is 1.17 bits per heavy atom. The molecular weight excluding hydrogens is 230 g/mol. The van der Waals surface area contributed by atoms with Crippen molar-refractivity contribution < 1.29 is 0 Å². The van der Waals surface area contributed by atoms with E-state index in [0.717, 1.165) is 17.7 Å². The van der Waals surface area contributed by atoms with Gasteiger partial charge in [0.05, 0.1) is 0 Å². The molecule has 2 aromatic heterocycles. The third kappa shape index (κ3) is 1.31. The van der Waals surface area contributed by atoms with Crippen molar-refractivity contribution in [3.05, 3.63) is 16.2 Å². The van der Waals surface area contributed by atoms with Gasteiger partial charge in [0.15, 0.2) is 11.2 Å². The highest BCUT2D eigenvalue weighted by Crippen LogP contribution is 2.52. The van der Waals surface area contributed by atoms with E-state index in [-0.39, 0.29) is 11.5 Å². The van der Waals surface area contributed by atoms with Crippen LogP contribution in [0.15, 0.2) is 4.79 Å². The average Bonchev–Trinajstić information content (AvgIpc) is 3.01. The zero-order valence-electron chi connectivity index (χ0n) is 9.94. The van der Waals surface area contributed by atoms with E-state index in [9.17, 15) is 4.79 Å². The van der Waals surface area contributed by atoms with Crippen molar-refractivity contribution >= 4 is 17.1 Å². The zero-order valence-corrected chi connectivity index (χ0v) is 9.94. The number of nitrogens with two attached hydrogens (primary N) is 1. The number of nitrogens with zero attached hydrogens (tertiary/aromatic N) is 2. The van der Waals surface area contributed by atoms with Gasteiger partial charge in [0.2, 0.25) is 5.95 Å². The largest absolute Gasteiger partial charge is 0.369 e. The minimum atomic E-state index is -0.237. The first kappa shape index (κ1) is 10.1. The first-order valence-electron chi connectivity index (χ1n) is 6.46. The van der Waals surface area contributed by atoms with Crippen molar-refractivity contribution in [1.29, 1.82) is 0 Å². The Morgan fingerprint density at radius 3 is 2.78 bits per heavy atom. The van der Waals surface area contributed by atoms with Gasteiger partial charge in [0, 0.05) is 5.92 Å². The second kappa shape index (κ2) is 3.34. The molecule has 3 atom stereocenters. The number of hydrogen-bond acceptors (Lipinski definition) is 4. The highest BCUT2D eigenvalue weighted by atomic mass is 16.1. The van der Waals surface area contributed by atoms with Gasteiger partial charge >= 0.3 is 0 Å². The van der Waals surface area contributed by atoms with E-state index >= 15 is 0 Å². The van der Waals surface area contributed by atoms with Crippen LogP contribution in [0.25, 0.3) is 11.2 Å². The van der Waals surface area contributed by atoms with Crippen LogP contribution in [0.4, 0.5) is 5.95 Å². The van der Waals surface area contributed by atoms with Crippen LogP contribution in [0.2, 0.25) is 0 Å². The third-order valence-electron chi connectivity index (χ3n) is 4.49. The van der Waals surface area contributed by atoms with Crippen molar-refractivity contribution in [1.82, 2.24) is 19.9 Å². The Hall–Kier alpha value is -1.85. The molecule has 2 heterocycles. The molecule has 0 spiro atoms. The number of nitrogen functional groups attached to an aromatic ring is 1. The molecule has 3 unspecified atom stereocenters. The lowest BCUT2D eigenvalue weighted by molar-refractivity contribution is 0.408. The summed E-state index contributed by atoms with van der Waals surface area (Å²) in [5.74, 6) is 3.09. The molecule has 4 rings (SSSR count). The van der Waals surface area contributed by atoms with E-state index in [4.69, 9.17) is 5.73 Å². The Bertz CT molecular complexity index is 673. The van der Waals surface area contributed by atoms with Crippen molar-refractivity contribution in [3.8, 4) is 0 Å². The number of fused-ring (bicyclic) bond motifs is 3. The Kier molecular flexibility index (Phi) is 1.87. The molecule has 2 aliphatic rings. The summed E-state index contributed by atoms with van der Waals surface area (Å²) in [7, 11) is 0. The van der Waals surface area contributed by atoms with Crippen molar-refractivity contribution in [2.24, 2.45) is 11.8 Å². The molecule has 2 fully saturated rings. The van der Waals surface area contributed by atoms with Crippen LogP contribution in [0, 0.1) is 11.8 Å². The quantitative estimate of drug-likeness (QED) is 0.701. The summed E-state index contributed by atoms with van der Waals surface area (Å²) >= 11 is 0. The highest BCUT2D eigenvalue weighted by Gasteiger charge is 2.41. The van der Waals surface area contributed by atoms with Gasteiger partial charge in [-0.1, -0.05) is 6.42 Å². The van der Waals surface area contributed by atoms with Crippen LogP contribution in [0.3, 0.4) is 0 Å². The molecule has 6 nitrogen and oxygen atoms in total. The lowest BCUT2D eigenvalue weighted by Crippen LogP contribution is -2.11. The maximum absolute atomic E-state index is 11.7. The SMILES string of the molecule is Nc1nc2nc(C3CC4CCC3C4)[nH]c2c(=O)[nH]1. The van der Waals surface area contributed by atoms with Crippen LogP contribution in [0.1, 0.15) is 37.4 Å². The second-order valence-electron chi connectivity index (χ2n) is 5.55. The fourth-order valence-electron chi connectivity index (χ4n) is 3.70. The van der Waals surface area contributed by atoms with E-state index < -0.39 is 0 Å². The molecule has 18 heavy (non-hydrogen) atoms. The Morgan fingerprint density at radius 2 is 2.06 bits per heavy atom. The molecule has 2 aromatic rings. The van der Waals surface area contributed by atoms with Crippen LogP contribution < -0.4 is 11.3 Å². The fourth-order valence-corrected chi connectivity index (χ4v) is 3.70. The predicted octanol–water partition coefficient (Wildman–Crippen LogP) is 1.13. The van der Waals surface area contributed by atoms with E-state index in [1.807, 2.05) is 0 Å². The van der Waals surface area contributed by atoms with E-state index in [2.05, 4.69) is 19.9 Å². The summed E-state index contributed by atoms with van der Waals surface area (Å²) in [4.78, 5) is 25.9. The van der Waals surface area contributed by atoms with Gasteiger partial charge in [-0.25, -0.2) is 4.98 Å². The number of H-pyrrole nitrogens is 2. The summed E-state index contributed by atoms with van der Waals surface area (Å²) < 4.78 is 0. The Balaban J connectivity index is 1.82. The maximum atomic E-state index is 11.7. The first-order valence-corrected chi connectivity index (χ1v) is 6.46. The summed E-state index contributed by atoms with van der Waals surface area (Å²) in [5, 5.41) is 0. The molecule has 0 aromatic carbocycles. The predicted molar refractivity (Wildman–Crippen MR) is 67.1 cm³/mol. The number of aromatic amines is 2. The maximum Gasteiger partial charge on any atom is 0.278 e. The first-order chi connectivity index (χ1) is 8.70. The molecule has 4 N–H and O–H groups in total. The van der Waals surface area contributed by atoms with Crippen LogP contribution in [-0.2, 0) is 0 Å². The van der Waals surface area contributed by atoms with Gasteiger partial charge in [-0.3, -0.25) is 9.78 Å². The molecule has 2 saturated carbocycles. The molecule has 0 aliphatic heterocycles. The molecule has 2 aliphatic carbocycles. The number of anilines is 1. The molecule has 0 amide bonds. The zero-order chi connectivity index (χ0) is 12.3. The second-order valence-corrected chi connectivity index (χ2v) is 5.55. The molecule has 6 heteroatoms. The number of aromatic nitrogens is 4. The molecular formula is C12H15N5O. The van der Waals surface area contributed by atoms with Gasteiger partial charge in [0.25, 0.3) is 5.56 Å². The van der Waals surface area contributed by atoms with Crippen LogP contribution in [0.5, 0.6) is 0 Å². The summed E-state index contributed by atoms with van der Waals surface area (Å²) in [6, 6.07) is 0. The van der Waals surface area contributed by atoms with Gasteiger partial charge in [-0.05, 0) is 31.1 Å². The van der Waals surface area contributed by atoms with Gasteiger partial charge in [0.1, 0.15) is 5.82 Å². The van der Waals surface area contributed by atoms with Gasteiger partial charge in [-0.2, -0.15) is 4.98 Å². The number of rotatable bonds is 1. The minimum Gasteiger partial charge on any atom is -0.369 e. The molecule has 0 radical (unpaired) electrons. The number of hydrogen-bond donors (Lipinski definition) is 3. The highest BCUT2D eigenvalue weighted by molar-refractivity contribution is 5.70. The molecule has 94 valence electrons. The lowest BCUT2D eigenvalue weighted by atomic mass is 9.88. The average molecular weight is 245 g/mol. The monoisotopic (exact) mass is 245 g/mol. The van der Waals surface area contributed by atoms with Crippen LogP contribution >= 0.6 is 0 Å². The van der Waals surface area contributed by atoms with E-state index in [1.54, 1.807) is 0 Å².